The van der Waals surface area contributed by atoms with E-state index in [-0.39, 0.29) is 11.1 Å². The van der Waals surface area contributed by atoms with Gasteiger partial charge in [-0.15, -0.1) is 0 Å². The molecule has 0 spiro atoms. The van der Waals surface area contributed by atoms with Gasteiger partial charge in [0.2, 0.25) is 0 Å². The first-order chi connectivity index (χ1) is 7.89. The molecule has 0 saturated heterocycles. The molecule has 0 atom stereocenters. The van der Waals surface area contributed by atoms with E-state index >= 15 is 0 Å². The summed E-state index contributed by atoms with van der Waals surface area (Å²) in [5.74, 6) is -1.81. The van der Waals surface area contributed by atoms with Crippen LogP contribution in [-0.4, -0.2) is 19.5 Å². The maximum atomic E-state index is 12.7. The minimum atomic E-state index is -3.65. The second kappa shape index (κ2) is 3.81. The summed E-state index contributed by atoms with van der Waals surface area (Å²) in [5.41, 5.74) is 0.107. The van der Waals surface area contributed by atoms with E-state index < -0.39 is 21.6 Å². The maximum absolute atomic E-state index is 12.7. The van der Waals surface area contributed by atoms with Crippen LogP contribution in [0.25, 0.3) is 5.57 Å². The van der Waals surface area contributed by atoms with Gasteiger partial charge in [-0.25, -0.2) is 17.6 Å². The average Bonchev–Trinajstić information content (AvgIpc) is 2.56. The van der Waals surface area contributed by atoms with E-state index in [1.807, 2.05) is 0 Å². The number of sulfone groups is 1. The number of carboxylic acids is 1. The Morgan fingerprint density at radius 3 is 2.24 bits per heavy atom. The van der Waals surface area contributed by atoms with E-state index in [0.717, 1.165) is 17.5 Å². The summed E-state index contributed by atoms with van der Waals surface area (Å²) in [6, 6.07) is 4.94. The van der Waals surface area contributed by atoms with Crippen molar-refractivity contribution in [1.82, 2.24) is 0 Å². The fourth-order valence-corrected chi connectivity index (χ4v) is 2.72. The lowest BCUT2D eigenvalue weighted by atomic mass is 10.0. The molecule has 0 amide bonds. The van der Waals surface area contributed by atoms with Gasteiger partial charge in [0.25, 0.3) is 0 Å². The van der Waals surface area contributed by atoms with E-state index in [1.54, 1.807) is 0 Å². The molecule has 1 aromatic carbocycles. The zero-order valence-corrected chi connectivity index (χ0v) is 9.24. The molecule has 0 aliphatic carbocycles. The van der Waals surface area contributed by atoms with E-state index in [4.69, 9.17) is 5.11 Å². The van der Waals surface area contributed by atoms with Crippen LogP contribution in [0.2, 0.25) is 0 Å². The molecule has 1 N–H and O–H groups in total. The molecule has 1 aromatic rings. The fraction of sp³-hybridized carbons (Fsp3) is 0. The molecule has 1 heterocycles. The molecule has 1 aliphatic rings. The molecule has 6 heteroatoms. The first-order valence-electron chi connectivity index (χ1n) is 4.57. The number of hydrogen-bond donors (Lipinski definition) is 1. The van der Waals surface area contributed by atoms with Gasteiger partial charge in [-0.1, -0.05) is 12.1 Å². The number of benzene rings is 1. The predicted octanol–water partition coefficient (Wildman–Crippen LogP) is 1.56. The van der Waals surface area contributed by atoms with Crippen LogP contribution in [0.15, 0.2) is 40.7 Å². The Kier molecular flexibility index (Phi) is 2.59. The summed E-state index contributed by atoms with van der Waals surface area (Å²) < 4.78 is 35.3. The topological polar surface area (TPSA) is 71.4 Å². The smallest absolute Gasteiger partial charge is 0.337 e. The van der Waals surface area contributed by atoms with E-state index in [9.17, 15) is 17.6 Å². The predicted molar refractivity (Wildman–Crippen MR) is 59.0 cm³/mol. The Balaban J connectivity index is 2.56. The number of rotatable bonds is 2. The summed E-state index contributed by atoms with van der Waals surface area (Å²) in [5, 5.41) is 10.4. The van der Waals surface area contributed by atoms with Crippen LogP contribution in [0.4, 0.5) is 4.39 Å². The van der Waals surface area contributed by atoms with Crippen molar-refractivity contribution < 1.29 is 22.7 Å². The molecule has 0 unspecified atom stereocenters. The molecule has 0 saturated carbocycles. The fourth-order valence-electron chi connectivity index (χ4n) is 1.51. The van der Waals surface area contributed by atoms with Crippen molar-refractivity contribution in [3.05, 3.63) is 52.0 Å². The van der Waals surface area contributed by atoms with E-state index in [0.29, 0.717) is 11.0 Å². The van der Waals surface area contributed by atoms with Crippen molar-refractivity contribution >= 4 is 21.4 Å². The van der Waals surface area contributed by atoms with Crippen LogP contribution in [-0.2, 0) is 14.6 Å². The summed E-state index contributed by atoms with van der Waals surface area (Å²) in [6.07, 6.45) is 0. The molecule has 0 radical (unpaired) electrons. The molecule has 0 bridgehead atoms. The number of hydrogen-bond acceptors (Lipinski definition) is 3. The van der Waals surface area contributed by atoms with Crippen LogP contribution in [0.1, 0.15) is 5.56 Å². The first kappa shape index (κ1) is 11.5. The maximum Gasteiger partial charge on any atom is 0.337 e. The van der Waals surface area contributed by atoms with Crippen LogP contribution < -0.4 is 0 Å². The molecule has 4 nitrogen and oxygen atoms in total. The first-order valence-corrected chi connectivity index (χ1v) is 6.18. The van der Waals surface area contributed by atoms with Gasteiger partial charge in [0, 0.05) is 11.0 Å². The Bertz CT molecular complexity index is 639. The zero-order valence-electron chi connectivity index (χ0n) is 8.42. The third kappa shape index (κ3) is 2.26. The molecule has 1 aliphatic heterocycles. The summed E-state index contributed by atoms with van der Waals surface area (Å²) in [4.78, 5) is 10.9. The van der Waals surface area contributed by atoms with Gasteiger partial charge in [-0.05, 0) is 17.7 Å². The van der Waals surface area contributed by atoms with E-state index in [2.05, 4.69) is 0 Å². The van der Waals surface area contributed by atoms with Crippen molar-refractivity contribution in [2.75, 3.05) is 0 Å². The molecular formula is C11H7FO4S. The molecule has 2 rings (SSSR count). The van der Waals surface area contributed by atoms with Crippen LogP contribution in [0, 0.1) is 5.82 Å². The Hall–Kier alpha value is -1.95. The second-order valence-corrected chi connectivity index (χ2v) is 5.11. The Morgan fingerprint density at radius 2 is 1.71 bits per heavy atom. The SMILES string of the molecule is O=C(O)C1=CS(=O)(=O)C=C1c1ccc(F)cc1. The van der Waals surface area contributed by atoms with Crippen molar-refractivity contribution in [1.29, 1.82) is 0 Å². The number of carboxylic acid groups (broad SMARTS) is 1. The lowest BCUT2D eigenvalue weighted by Crippen LogP contribution is -2.00. The monoisotopic (exact) mass is 254 g/mol. The van der Waals surface area contributed by atoms with Gasteiger partial charge in [-0.2, -0.15) is 0 Å². The third-order valence-electron chi connectivity index (χ3n) is 2.24. The molecule has 0 aromatic heterocycles. The summed E-state index contributed by atoms with van der Waals surface area (Å²) >= 11 is 0. The number of aliphatic carboxylic acids is 1. The summed E-state index contributed by atoms with van der Waals surface area (Å²) in [6.45, 7) is 0. The van der Waals surface area contributed by atoms with Gasteiger partial charge >= 0.3 is 5.97 Å². The number of halogens is 1. The highest BCUT2D eigenvalue weighted by Gasteiger charge is 2.26. The van der Waals surface area contributed by atoms with Gasteiger partial charge < -0.3 is 5.11 Å². The standard InChI is InChI=1S/C11H7FO4S/c12-8-3-1-7(2-4-8)9-5-17(15,16)6-10(9)11(13)14/h1-6H,(H,13,14). The molecule has 88 valence electrons. The highest BCUT2D eigenvalue weighted by molar-refractivity contribution is 7.97. The molecule has 17 heavy (non-hydrogen) atoms. The van der Waals surface area contributed by atoms with Crippen molar-refractivity contribution in [3.8, 4) is 0 Å². The third-order valence-corrected chi connectivity index (χ3v) is 3.37. The van der Waals surface area contributed by atoms with Crippen molar-refractivity contribution in [2.45, 2.75) is 0 Å². The average molecular weight is 254 g/mol. The van der Waals surface area contributed by atoms with Crippen molar-refractivity contribution in [2.24, 2.45) is 0 Å². The normalized spacial score (nSPS) is 17.5. The summed E-state index contributed by atoms with van der Waals surface area (Å²) in [7, 11) is -3.65. The number of carbonyl (C=O) groups is 1. The van der Waals surface area contributed by atoms with Crippen molar-refractivity contribution in [3.63, 3.8) is 0 Å². The lowest BCUT2D eigenvalue weighted by molar-refractivity contribution is -0.132. The lowest BCUT2D eigenvalue weighted by Gasteiger charge is -2.03. The quantitative estimate of drug-likeness (QED) is 0.869. The zero-order chi connectivity index (χ0) is 12.6. The molecule has 0 fully saturated rings. The minimum Gasteiger partial charge on any atom is -0.478 e. The van der Waals surface area contributed by atoms with Gasteiger partial charge in [0.15, 0.2) is 9.84 Å². The Morgan fingerprint density at radius 1 is 1.12 bits per heavy atom. The van der Waals surface area contributed by atoms with E-state index in [1.165, 1.54) is 12.1 Å². The van der Waals surface area contributed by atoms with Gasteiger partial charge in [0.05, 0.1) is 11.0 Å². The van der Waals surface area contributed by atoms with Gasteiger partial charge in [0.1, 0.15) is 5.82 Å². The Labute approximate surface area is 96.6 Å². The van der Waals surface area contributed by atoms with Crippen LogP contribution in [0.5, 0.6) is 0 Å². The molecular weight excluding hydrogens is 247 g/mol. The highest BCUT2D eigenvalue weighted by atomic mass is 32.2. The van der Waals surface area contributed by atoms with Crippen LogP contribution >= 0.6 is 0 Å². The second-order valence-electron chi connectivity index (χ2n) is 3.46. The largest absolute Gasteiger partial charge is 0.478 e. The highest BCUT2D eigenvalue weighted by Crippen LogP contribution is 2.31. The minimum absolute atomic E-state index is 0.0671. The van der Waals surface area contributed by atoms with Crippen LogP contribution in [0.3, 0.4) is 0 Å². The van der Waals surface area contributed by atoms with Gasteiger partial charge in [-0.3, -0.25) is 0 Å².